The van der Waals surface area contributed by atoms with Crippen LogP contribution in [-0.4, -0.2) is 27.1 Å². The van der Waals surface area contributed by atoms with Gasteiger partial charge in [-0.3, -0.25) is 9.59 Å². The number of Topliss-reactive ketones (excluding diaryl/α,β-unsaturated/α-hetero) is 1. The van der Waals surface area contributed by atoms with Gasteiger partial charge in [0.2, 0.25) is 11.8 Å². The summed E-state index contributed by atoms with van der Waals surface area (Å²) in [6.45, 7) is 3.32. The van der Waals surface area contributed by atoms with Gasteiger partial charge in [-0.15, -0.1) is 10.2 Å². The third kappa shape index (κ3) is 3.68. The van der Waals surface area contributed by atoms with Gasteiger partial charge in [0, 0.05) is 23.6 Å². The number of ketones is 1. The van der Waals surface area contributed by atoms with E-state index in [0.717, 1.165) is 23.6 Å². The van der Waals surface area contributed by atoms with Crippen molar-refractivity contribution >= 4 is 29.1 Å². The number of hydrogen-bond donors (Lipinski definition) is 1. The number of carbonyl (C=O) groups excluding carboxylic acids is 2. The van der Waals surface area contributed by atoms with E-state index < -0.39 is 0 Å². The molecule has 0 radical (unpaired) electrons. The lowest BCUT2D eigenvalue weighted by atomic mass is 9.49. The van der Waals surface area contributed by atoms with Crippen LogP contribution in [0.25, 0.3) is 0 Å². The van der Waals surface area contributed by atoms with Gasteiger partial charge in [-0.1, -0.05) is 11.8 Å². The van der Waals surface area contributed by atoms with Crippen LogP contribution in [0.2, 0.25) is 0 Å². The van der Waals surface area contributed by atoms with Crippen LogP contribution in [0.5, 0.6) is 0 Å². The van der Waals surface area contributed by atoms with Gasteiger partial charge in [-0.25, -0.2) is 0 Å². The van der Waals surface area contributed by atoms with E-state index in [1.807, 2.05) is 6.92 Å². The van der Waals surface area contributed by atoms with E-state index in [1.54, 1.807) is 24.3 Å². The van der Waals surface area contributed by atoms with Gasteiger partial charge in [-0.05, 0) is 87.5 Å². The Hall–Kier alpha value is -2.15. The molecule has 4 bridgehead atoms. The van der Waals surface area contributed by atoms with Crippen molar-refractivity contribution in [3.63, 3.8) is 0 Å². The zero-order valence-electron chi connectivity index (χ0n) is 17.4. The Morgan fingerprint density at radius 2 is 1.67 bits per heavy atom. The molecule has 6 rings (SSSR count). The highest BCUT2D eigenvalue weighted by Crippen LogP contribution is 2.60. The highest BCUT2D eigenvalue weighted by atomic mass is 32.2. The molecule has 4 saturated carbocycles. The molecule has 158 valence electrons. The monoisotopic (exact) mass is 425 g/mol. The molecule has 0 spiro atoms. The van der Waals surface area contributed by atoms with Crippen LogP contribution < -0.4 is 5.32 Å². The summed E-state index contributed by atoms with van der Waals surface area (Å²) in [5, 5.41) is 11.6. The summed E-state index contributed by atoms with van der Waals surface area (Å²) in [5.74, 6) is 3.12. The van der Waals surface area contributed by atoms with E-state index in [4.69, 9.17) is 4.42 Å². The zero-order valence-corrected chi connectivity index (χ0v) is 18.2. The number of amides is 1. The molecular weight excluding hydrogens is 398 g/mol. The Kier molecular flexibility index (Phi) is 4.96. The molecule has 7 heteroatoms. The average Bonchev–Trinajstić information content (AvgIpc) is 3.16. The zero-order chi connectivity index (χ0) is 20.9. The molecule has 0 aliphatic heterocycles. The summed E-state index contributed by atoms with van der Waals surface area (Å²) < 4.78 is 6.13. The number of hydrogen-bond acceptors (Lipinski definition) is 6. The number of nitrogens with one attached hydrogen (secondary N) is 1. The van der Waals surface area contributed by atoms with Crippen molar-refractivity contribution < 1.29 is 14.0 Å². The maximum atomic E-state index is 12.8. The van der Waals surface area contributed by atoms with Gasteiger partial charge < -0.3 is 9.73 Å². The van der Waals surface area contributed by atoms with Crippen molar-refractivity contribution in [2.24, 2.45) is 17.8 Å². The van der Waals surface area contributed by atoms with Crippen molar-refractivity contribution in [2.45, 2.75) is 68.3 Å². The molecule has 1 aromatic heterocycles. The Morgan fingerprint density at radius 1 is 1.07 bits per heavy atom. The van der Waals surface area contributed by atoms with Gasteiger partial charge in [0.05, 0.1) is 5.25 Å². The standard InChI is InChI=1S/C23H27N3O3S/c1-13(20(28)18-3-5-19(6-4-18)24-14(2)27)30-22-26-25-21(29-22)23-10-15-7-16(11-23)9-17(8-15)12-23/h3-6,13,15-17H,7-12H2,1-2H3,(H,24,27)/t13-,15?,16?,17?,23?/m0/s1. The first-order chi connectivity index (χ1) is 14.4. The molecule has 30 heavy (non-hydrogen) atoms. The van der Waals surface area contributed by atoms with E-state index in [1.165, 1.54) is 57.2 Å². The number of benzene rings is 1. The topological polar surface area (TPSA) is 85.1 Å². The van der Waals surface area contributed by atoms with Gasteiger partial charge >= 0.3 is 0 Å². The summed E-state index contributed by atoms with van der Waals surface area (Å²) in [6.07, 6.45) is 7.67. The number of thioether (sulfide) groups is 1. The Labute approximate surface area is 180 Å². The minimum Gasteiger partial charge on any atom is -0.415 e. The maximum Gasteiger partial charge on any atom is 0.277 e. The second kappa shape index (κ2) is 7.52. The summed E-state index contributed by atoms with van der Waals surface area (Å²) in [4.78, 5) is 24.0. The molecule has 4 fully saturated rings. The molecule has 1 atom stereocenters. The Balaban J connectivity index is 1.26. The quantitative estimate of drug-likeness (QED) is 0.525. The SMILES string of the molecule is CC(=O)Nc1ccc(C(=O)[C@H](C)Sc2nnc(C34CC5CC(CC(C5)C3)C4)o2)cc1. The predicted octanol–water partition coefficient (Wildman–Crippen LogP) is 4.86. The highest BCUT2D eigenvalue weighted by molar-refractivity contribution is 8.00. The van der Waals surface area contributed by atoms with E-state index in [9.17, 15) is 9.59 Å². The summed E-state index contributed by atoms with van der Waals surface area (Å²) >= 11 is 1.33. The third-order valence-electron chi connectivity index (χ3n) is 7.03. The molecule has 2 aromatic rings. The first kappa shape index (κ1) is 19.8. The summed E-state index contributed by atoms with van der Waals surface area (Å²) in [5.41, 5.74) is 1.36. The molecule has 0 unspecified atom stereocenters. The van der Waals surface area contributed by atoms with E-state index >= 15 is 0 Å². The first-order valence-corrected chi connectivity index (χ1v) is 11.7. The molecule has 6 nitrogen and oxygen atoms in total. The smallest absolute Gasteiger partial charge is 0.277 e. The number of carbonyl (C=O) groups is 2. The van der Waals surface area contributed by atoms with Crippen LogP contribution in [-0.2, 0) is 10.2 Å². The molecule has 1 N–H and O–H groups in total. The molecule has 0 saturated heterocycles. The van der Waals surface area contributed by atoms with Crippen molar-refractivity contribution in [1.29, 1.82) is 0 Å². The van der Waals surface area contributed by atoms with Gasteiger partial charge in [-0.2, -0.15) is 0 Å². The number of anilines is 1. The molecule has 1 aromatic carbocycles. The lowest BCUT2D eigenvalue weighted by Crippen LogP contribution is -2.48. The molecule has 4 aliphatic rings. The second-order valence-electron chi connectivity index (χ2n) is 9.45. The molecule has 1 amide bonds. The minimum atomic E-state index is -0.332. The number of rotatable bonds is 6. The third-order valence-corrected chi connectivity index (χ3v) is 7.97. The normalized spacial score (nSPS) is 30.3. The Bertz CT molecular complexity index is 933. The number of aromatic nitrogens is 2. The van der Waals surface area contributed by atoms with E-state index in [2.05, 4.69) is 15.5 Å². The summed E-state index contributed by atoms with van der Waals surface area (Å²) in [7, 11) is 0. The highest BCUT2D eigenvalue weighted by Gasteiger charge is 2.54. The van der Waals surface area contributed by atoms with Crippen LogP contribution in [0, 0.1) is 17.8 Å². The molecule has 1 heterocycles. The lowest BCUT2D eigenvalue weighted by molar-refractivity contribution is -0.114. The molecular formula is C23H27N3O3S. The van der Waals surface area contributed by atoms with E-state index in [0.29, 0.717) is 16.5 Å². The fourth-order valence-corrected chi connectivity index (χ4v) is 6.97. The van der Waals surface area contributed by atoms with Gasteiger partial charge in [0.15, 0.2) is 5.78 Å². The van der Waals surface area contributed by atoms with E-state index in [-0.39, 0.29) is 22.4 Å². The summed E-state index contributed by atoms with van der Waals surface area (Å²) in [6, 6.07) is 6.95. The maximum absolute atomic E-state index is 12.8. The van der Waals surface area contributed by atoms with Crippen molar-refractivity contribution in [3.8, 4) is 0 Å². The van der Waals surface area contributed by atoms with Crippen molar-refractivity contribution in [3.05, 3.63) is 35.7 Å². The van der Waals surface area contributed by atoms with Crippen LogP contribution in [0.4, 0.5) is 5.69 Å². The molecule has 4 aliphatic carbocycles. The van der Waals surface area contributed by atoms with Gasteiger partial charge in [0.25, 0.3) is 5.22 Å². The predicted molar refractivity (Wildman–Crippen MR) is 115 cm³/mol. The van der Waals surface area contributed by atoms with Crippen LogP contribution in [0.15, 0.2) is 33.9 Å². The number of nitrogens with zero attached hydrogens (tertiary/aromatic N) is 2. The van der Waals surface area contributed by atoms with Crippen molar-refractivity contribution in [2.75, 3.05) is 5.32 Å². The van der Waals surface area contributed by atoms with Crippen LogP contribution >= 0.6 is 11.8 Å². The Morgan fingerprint density at radius 3 is 2.23 bits per heavy atom. The largest absolute Gasteiger partial charge is 0.415 e. The minimum absolute atomic E-state index is 0.00364. The fraction of sp³-hybridized carbons (Fsp3) is 0.565. The first-order valence-electron chi connectivity index (χ1n) is 10.8. The average molecular weight is 426 g/mol. The van der Waals surface area contributed by atoms with Crippen LogP contribution in [0.3, 0.4) is 0 Å². The van der Waals surface area contributed by atoms with Crippen LogP contribution in [0.1, 0.15) is 68.6 Å². The van der Waals surface area contributed by atoms with Crippen molar-refractivity contribution in [1.82, 2.24) is 10.2 Å². The van der Waals surface area contributed by atoms with Gasteiger partial charge in [0.1, 0.15) is 0 Å². The lowest BCUT2D eigenvalue weighted by Gasteiger charge is -2.55. The second-order valence-corrected chi connectivity index (χ2v) is 10.7. The fourth-order valence-electron chi connectivity index (χ4n) is 6.20.